The van der Waals surface area contributed by atoms with Crippen molar-refractivity contribution >= 4 is 49.1 Å². The van der Waals surface area contributed by atoms with Crippen molar-refractivity contribution in [3.8, 4) is 0 Å². The Hall–Kier alpha value is -2.01. The molecule has 6 nitrogen and oxygen atoms in total. The molecule has 0 radical (unpaired) electrons. The van der Waals surface area contributed by atoms with Crippen LogP contribution < -0.4 is 0 Å². The molecule has 2 aromatic carbocycles. The zero-order valence-electron chi connectivity index (χ0n) is 17.2. The lowest BCUT2D eigenvalue weighted by atomic mass is 10.1. The van der Waals surface area contributed by atoms with Gasteiger partial charge in [0.1, 0.15) is 35.3 Å². The monoisotopic (exact) mass is 585 g/mol. The molecule has 1 N–H and O–H groups in total. The summed E-state index contributed by atoms with van der Waals surface area (Å²) in [6.07, 6.45) is -0.701. The molecule has 174 valence electrons. The van der Waals surface area contributed by atoms with Gasteiger partial charge in [-0.05, 0) is 35.4 Å². The van der Waals surface area contributed by atoms with E-state index in [1.165, 1.54) is 12.1 Å². The van der Waals surface area contributed by atoms with Crippen LogP contribution in [0.15, 0.2) is 38.4 Å². The first-order valence-corrected chi connectivity index (χ1v) is 11.8. The highest BCUT2D eigenvalue weighted by atomic mass is 79.9. The second-order valence-corrected chi connectivity index (χ2v) is 9.69. The minimum absolute atomic E-state index is 0.0312. The van der Waals surface area contributed by atoms with Crippen molar-refractivity contribution in [1.29, 1.82) is 0 Å². The molecule has 2 aromatic rings. The van der Waals surface area contributed by atoms with Crippen molar-refractivity contribution < 1.29 is 33.1 Å². The third kappa shape index (κ3) is 5.08. The Morgan fingerprint density at radius 3 is 2.06 bits per heavy atom. The Kier molecular flexibility index (Phi) is 7.37. The van der Waals surface area contributed by atoms with E-state index in [0.717, 1.165) is 0 Å². The average Bonchev–Trinajstić information content (AvgIpc) is 3.25. The first kappa shape index (κ1) is 24.1. The summed E-state index contributed by atoms with van der Waals surface area (Å²) in [5.41, 5.74) is 1.61. The van der Waals surface area contributed by atoms with Crippen LogP contribution in [0.4, 0.5) is 8.78 Å². The number of carbonyl (C=O) groups excluding carboxylic acids is 2. The predicted molar refractivity (Wildman–Crippen MR) is 122 cm³/mol. The Labute approximate surface area is 205 Å². The summed E-state index contributed by atoms with van der Waals surface area (Å²) in [6, 6.07) is 5.96. The van der Waals surface area contributed by atoms with Crippen molar-refractivity contribution in [1.82, 2.24) is 0 Å². The number of nitrogens with zero attached hydrogens (tertiary/aromatic N) is 1. The molecular formula is C23H19Br2F2NO5. The molecule has 0 fully saturated rings. The number of hydrogen-bond acceptors (Lipinski definition) is 6. The van der Waals surface area contributed by atoms with E-state index in [1.807, 2.05) is 0 Å². The van der Waals surface area contributed by atoms with Gasteiger partial charge in [-0.2, -0.15) is 0 Å². The van der Waals surface area contributed by atoms with Gasteiger partial charge in [-0.3, -0.25) is 9.59 Å². The molecule has 0 heterocycles. The lowest BCUT2D eigenvalue weighted by Crippen LogP contribution is -2.24. The topological polar surface area (TPSA) is 85.2 Å². The lowest BCUT2D eigenvalue weighted by molar-refractivity contribution is -0.121. The van der Waals surface area contributed by atoms with Crippen LogP contribution in [-0.2, 0) is 27.1 Å². The molecule has 0 bridgehead atoms. The first-order valence-electron chi connectivity index (χ1n) is 10.3. The molecule has 0 saturated carbocycles. The Morgan fingerprint density at radius 2 is 1.45 bits per heavy atom. The van der Waals surface area contributed by atoms with Crippen molar-refractivity contribution in [2.24, 2.45) is 5.16 Å². The fourth-order valence-corrected chi connectivity index (χ4v) is 5.15. The summed E-state index contributed by atoms with van der Waals surface area (Å²) in [5, 5.41) is 12.5. The number of carbonyl (C=O) groups is 2. The van der Waals surface area contributed by atoms with Crippen LogP contribution in [0.3, 0.4) is 0 Å². The molecule has 2 atom stereocenters. The number of benzene rings is 2. The average molecular weight is 587 g/mol. The molecule has 33 heavy (non-hydrogen) atoms. The zero-order chi connectivity index (χ0) is 23.7. The molecule has 0 spiro atoms. The number of oxime groups is 1. The van der Waals surface area contributed by atoms with E-state index in [9.17, 15) is 23.6 Å². The minimum Gasteiger partial charge on any atom is -0.411 e. The maximum Gasteiger partial charge on any atom is 0.195 e. The largest absolute Gasteiger partial charge is 0.411 e. The van der Waals surface area contributed by atoms with Crippen LogP contribution in [0.5, 0.6) is 0 Å². The Bertz CT molecular complexity index is 1150. The van der Waals surface area contributed by atoms with Gasteiger partial charge >= 0.3 is 0 Å². The van der Waals surface area contributed by atoms with Gasteiger partial charge in [-0.1, -0.05) is 37.0 Å². The van der Waals surface area contributed by atoms with Crippen LogP contribution >= 0.6 is 31.9 Å². The van der Waals surface area contributed by atoms with Gasteiger partial charge in [0.25, 0.3) is 0 Å². The smallest absolute Gasteiger partial charge is 0.195 e. The number of rotatable bonds is 8. The van der Waals surface area contributed by atoms with Crippen LogP contribution in [0.25, 0.3) is 0 Å². The van der Waals surface area contributed by atoms with Gasteiger partial charge in [-0.15, -0.1) is 0 Å². The van der Waals surface area contributed by atoms with Crippen LogP contribution in [0, 0.1) is 11.6 Å². The summed E-state index contributed by atoms with van der Waals surface area (Å²) < 4.78 is 40.7. The number of ketones is 2. The van der Waals surface area contributed by atoms with Gasteiger partial charge in [0.05, 0.1) is 18.8 Å². The van der Waals surface area contributed by atoms with E-state index in [2.05, 4.69) is 37.0 Å². The predicted octanol–water partition coefficient (Wildman–Crippen LogP) is 4.78. The maximum absolute atomic E-state index is 14.2. The van der Waals surface area contributed by atoms with Crippen molar-refractivity contribution in [3.05, 3.63) is 67.1 Å². The number of hydrogen-bond donors (Lipinski definition) is 1. The molecule has 0 aliphatic heterocycles. The van der Waals surface area contributed by atoms with Crippen molar-refractivity contribution in [3.63, 3.8) is 0 Å². The van der Waals surface area contributed by atoms with E-state index >= 15 is 0 Å². The summed E-state index contributed by atoms with van der Waals surface area (Å²) in [7, 11) is 0. The summed E-state index contributed by atoms with van der Waals surface area (Å²) in [4.78, 5) is 24.6. The molecule has 2 unspecified atom stereocenters. The van der Waals surface area contributed by atoms with Crippen LogP contribution in [0.1, 0.15) is 39.9 Å². The first-order chi connectivity index (χ1) is 15.8. The fourth-order valence-electron chi connectivity index (χ4n) is 4.19. The Balaban J connectivity index is 1.22. The van der Waals surface area contributed by atoms with Gasteiger partial charge in [0.2, 0.25) is 0 Å². The number of ether oxygens (including phenoxy) is 2. The Morgan fingerprint density at radius 1 is 0.939 bits per heavy atom. The standard InChI is InChI=1S/C23H19Br2F2NO5/c24-13-5-11-7-18(22(28-31)20(11)16(26)9-13)32-3-1-15(29)2-4-33-19-8-12-6-14(25)10-17(27)21(12)23(19)30/h5-6,9-10,18-19,31H,1-4,7-8H2. The highest BCUT2D eigenvalue weighted by Gasteiger charge is 2.35. The summed E-state index contributed by atoms with van der Waals surface area (Å²) in [6.45, 7) is 0.0931. The van der Waals surface area contributed by atoms with Gasteiger partial charge < -0.3 is 14.7 Å². The molecule has 0 saturated heterocycles. The van der Waals surface area contributed by atoms with Crippen molar-refractivity contribution in [2.45, 2.75) is 37.9 Å². The van der Waals surface area contributed by atoms with E-state index in [-0.39, 0.29) is 55.1 Å². The number of fused-ring (bicyclic) bond motifs is 2. The van der Waals surface area contributed by atoms with E-state index in [0.29, 0.717) is 26.5 Å². The van der Waals surface area contributed by atoms with E-state index in [4.69, 9.17) is 9.47 Å². The van der Waals surface area contributed by atoms with Crippen molar-refractivity contribution in [2.75, 3.05) is 13.2 Å². The van der Waals surface area contributed by atoms with Gasteiger partial charge in [0.15, 0.2) is 5.78 Å². The normalized spacial score (nSPS) is 20.4. The third-order valence-electron chi connectivity index (χ3n) is 5.69. The number of halogens is 4. The highest BCUT2D eigenvalue weighted by molar-refractivity contribution is 9.10. The fraction of sp³-hybridized carbons (Fsp3) is 0.348. The van der Waals surface area contributed by atoms with Gasteiger partial charge in [0, 0.05) is 40.2 Å². The molecule has 10 heteroatoms. The second-order valence-electron chi connectivity index (χ2n) is 7.86. The zero-order valence-corrected chi connectivity index (χ0v) is 20.4. The number of Topliss-reactive ketones (excluding diaryl/α,β-unsaturated/α-hetero) is 2. The molecule has 4 rings (SSSR count). The maximum atomic E-state index is 14.2. The summed E-state index contributed by atoms with van der Waals surface area (Å²) in [5.74, 6) is -1.65. The quantitative estimate of drug-likeness (QED) is 0.355. The molecule has 0 amide bonds. The van der Waals surface area contributed by atoms with Crippen LogP contribution in [0.2, 0.25) is 0 Å². The lowest BCUT2D eigenvalue weighted by Gasteiger charge is -2.12. The third-order valence-corrected chi connectivity index (χ3v) is 6.61. The second kappa shape index (κ2) is 10.1. The van der Waals surface area contributed by atoms with Crippen LogP contribution in [-0.4, -0.2) is 47.9 Å². The van der Waals surface area contributed by atoms with E-state index < -0.39 is 29.6 Å². The summed E-state index contributed by atoms with van der Waals surface area (Å²) >= 11 is 6.44. The highest BCUT2D eigenvalue weighted by Crippen LogP contribution is 2.31. The SMILES string of the molecule is O=C(CCOC1Cc2cc(Br)cc(F)c2C1=O)CCOC1Cc2cc(Br)cc(F)c2C1=NO. The van der Waals surface area contributed by atoms with Gasteiger partial charge in [-0.25, -0.2) is 8.78 Å². The van der Waals surface area contributed by atoms with E-state index in [1.54, 1.807) is 12.1 Å². The minimum atomic E-state index is -0.803. The molecule has 0 aromatic heterocycles. The molecular weight excluding hydrogens is 568 g/mol. The molecule has 2 aliphatic rings. The molecule has 2 aliphatic carbocycles.